The molecule has 0 radical (unpaired) electrons. The summed E-state index contributed by atoms with van der Waals surface area (Å²) < 4.78 is 1.80. The minimum atomic E-state index is -0.719. The van der Waals surface area contributed by atoms with Crippen molar-refractivity contribution in [2.24, 2.45) is 5.92 Å². The molecule has 1 aliphatic carbocycles. The second-order valence-corrected chi connectivity index (χ2v) is 4.66. The van der Waals surface area contributed by atoms with Crippen molar-refractivity contribution in [3.05, 3.63) is 42.7 Å². The van der Waals surface area contributed by atoms with Crippen LogP contribution in [0.15, 0.2) is 42.7 Å². The Bertz CT molecular complexity index is 562. The Balaban J connectivity index is 1.84. The first-order valence-corrected chi connectivity index (χ1v) is 6.08. The summed E-state index contributed by atoms with van der Waals surface area (Å²) in [5, 5.41) is 13.3. The zero-order valence-corrected chi connectivity index (χ0v) is 9.86. The minimum absolute atomic E-state index is 0.0139. The highest BCUT2D eigenvalue weighted by Gasteiger charge is 2.38. The molecule has 92 valence electrons. The first kappa shape index (κ1) is 11.0. The lowest BCUT2D eigenvalue weighted by molar-refractivity contribution is -0.147. The fourth-order valence-electron chi connectivity index (χ4n) is 2.39. The van der Waals surface area contributed by atoms with Crippen LogP contribution in [0.2, 0.25) is 0 Å². The maximum Gasteiger partial charge on any atom is 0.308 e. The van der Waals surface area contributed by atoms with Crippen molar-refractivity contribution in [3.63, 3.8) is 0 Å². The van der Waals surface area contributed by atoms with Gasteiger partial charge < -0.3 is 5.11 Å². The van der Waals surface area contributed by atoms with Crippen LogP contribution in [0.4, 0.5) is 0 Å². The molecule has 2 unspecified atom stereocenters. The number of nitrogens with zero attached hydrogens (tertiary/aromatic N) is 2. The van der Waals surface area contributed by atoms with Gasteiger partial charge in [-0.2, -0.15) is 5.10 Å². The molecule has 1 saturated carbocycles. The standard InChI is InChI=1S/C14H14N2O2/c17-14(18)12-6-7-13(12)16-9-11(8-15-16)10-4-2-1-3-5-10/h1-5,8-9,12-13H,6-7H2,(H,17,18). The number of hydrogen-bond acceptors (Lipinski definition) is 2. The molecule has 0 bridgehead atoms. The van der Waals surface area contributed by atoms with E-state index in [0.29, 0.717) is 0 Å². The Morgan fingerprint density at radius 1 is 1.22 bits per heavy atom. The summed E-state index contributed by atoms with van der Waals surface area (Å²) >= 11 is 0. The summed E-state index contributed by atoms with van der Waals surface area (Å²) in [6.45, 7) is 0. The molecule has 1 aromatic heterocycles. The molecule has 1 aromatic carbocycles. The maximum absolute atomic E-state index is 11.0. The summed E-state index contributed by atoms with van der Waals surface area (Å²) in [6, 6.07) is 10.0. The van der Waals surface area contributed by atoms with Gasteiger partial charge in [-0.05, 0) is 18.4 Å². The van der Waals surface area contributed by atoms with Crippen molar-refractivity contribution in [1.82, 2.24) is 9.78 Å². The van der Waals surface area contributed by atoms with Crippen molar-refractivity contribution in [1.29, 1.82) is 0 Å². The van der Waals surface area contributed by atoms with Crippen LogP contribution in [0.1, 0.15) is 18.9 Å². The Labute approximate surface area is 105 Å². The number of aliphatic carboxylic acids is 1. The molecule has 1 N–H and O–H groups in total. The van der Waals surface area contributed by atoms with E-state index < -0.39 is 5.97 Å². The summed E-state index contributed by atoms with van der Waals surface area (Å²) in [6.07, 6.45) is 5.38. The van der Waals surface area contributed by atoms with Crippen LogP contribution in [0.5, 0.6) is 0 Å². The number of carboxylic acid groups (broad SMARTS) is 1. The van der Waals surface area contributed by atoms with Crippen LogP contribution >= 0.6 is 0 Å². The van der Waals surface area contributed by atoms with Crippen LogP contribution in [-0.2, 0) is 4.79 Å². The average Bonchev–Trinajstić information content (AvgIpc) is 2.77. The quantitative estimate of drug-likeness (QED) is 0.900. The van der Waals surface area contributed by atoms with E-state index in [1.165, 1.54) is 0 Å². The van der Waals surface area contributed by atoms with Gasteiger partial charge in [0.1, 0.15) is 0 Å². The van der Waals surface area contributed by atoms with Crippen LogP contribution < -0.4 is 0 Å². The first-order valence-electron chi connectivity index (χ1n) is 6.08. The molecule has 4 heteroatoms. The lowest BCUT2D eigenvalue weighted by Gasteiger charge is -2.33. The first-order chi connectivity index (χ1) is 8.75. The van der Waals surface area contributed by atoms with E-state index in [1.54, 1.807) is 10.9 Å². The van der Waals surface area contributed by atoms with E-state index in [2.05, 4.69) is 5.10 Å². The summed E-state index contributed by atoms with van der Waals surface area (Å²) in [5.74, 6) is -1.00. The van der Waals surface area contributed by atoms with Gasteiger partial charge in [0, 0.05) is 11.8 Å². The van der Waals surface area contributed by atoms with Crippen molar-refractivity contribution < 1.29 is 9.90 Å². The van der Waals surface area contributed by atoms with Gasteiger partial charge in [0.05, 0.1) is 18.2 Å². The molecule has 0 spiro atoms. The van der Waals surface area contributed by atoms with E-state index in [1.807, 2.05) is 36.5 Å². The van der Waals surface area contributed by atoms with Crippen molar-refractivity contribution >= 4 is 5.97 Å². The third-order valence-corrected chi connectivity index (χ3v) is 3.60. The minimum Gasteiger partial charge on any atom is -0.481 e. The molecule has 0 aliphatic heterocycles. The Morgan fingerprint density at radius 3 is 2.61 bits per heavy atom. The molecule has 0 saturated heterocycles. The Kier molecular flexibility index (Phi) is 2.63. The van der Waals surface area contributed by atoms with Gasteiger partial charge in [-0.3, -0.25) is 9.48 Å². The number of aromatic nitrogens is 2. The van der Waals surface area contributed by atoms with Gasteiger partial charge in [-0.1, -0.05) is 30.3 Å². The molecule has 1 aliphatic rings. The fourth-order valence-corrected chi connectivity index (χ4v) is 2.39. The number of rotatable bonds is 3. The molecule has 18 heavy (non-hydrogen) atoms. The lowest BCUT2D eigenvalue weighted by atomic mass is 9.80. The lowest BCUT2D eigenvalue weighted by Crippen LogP contribution is -2.35. The number of hydrogen-bond donors (Lipinski definition) is 1. The maximum atomic E-state index is 11.0. The van der Waals surface area contributed by atoms with Gasteiger partial charge in [0.2, 0.25) is 0 Å². The number of benzene rings is 1. The van der Waals surface area contributed by atoms with Gasteiger partial charge in [0.25, 0.3) is 0 Å². The van der Waals surface area contributed by atoms with Crippen LogP contribution in [0.3, 0.4) is 0 Å². The molecular formula is C14H14N2O2. The molecule has 1 fully saturated rings. The van der Waals surface area contributed by atoms with Crippen LogP contribution in [-0.4, -0.2) is 20.9 Å². The monoisotopic (exact) mass is 242 g/mol. The average molecular weight is 242 g/mol. The third kappa shape index (κ3) is 1.79. The largest absolute Gasteiger partial charge is 0.481 e. The van der Waals surface area contributed by atoms with Gasteiger partial charge in [0.15, 0.2) is 0 Å². The van der Waals surface area contributed by atoms with E-state index >= 15 is 0 Å². The van der Waals surface area contributed by atoms with E-state index in [-0.39, 0.29) is 12.0 Å². The van der Waals surface area contributed by atoms with Gasteiger partial charge >= 0.3 is 5.97 Å². The summed E-state index contributed by atoms with van der Waals surface area (Å²) in [5.41, 5.74) is 2.14. The molecule has 0 amide bonds. The van der Waals surface area contributed by atoms with Crippen molar-refractivity contribution in [2.45, 2.75) is 18.9 Å². The molecule has 3 rings (SSSR count). The topological polar surface area (TPSA) is 55.1 Å². The predicted molar refractivity (Wildman–Crippen MR) is 67.1 cm³/mol. The zero-order chi connectivity index (χ0) is 12.5. The Hall–Kier alpha value is -2.10. The number of carbonyl (C=O) groups is 1. The van der Waals surface area contributed by atoms with Crippen molar-refractivity contribution in [3.8, 4) is 11.1 Å². The van der Waals surface area contributed by atoms with Gasteiger partial charge in [-0.25, -0.2) is 0 Å². The SMILES string of the molecule is O=C(O)C1CCC1n1cc(-c2ccccc2)cn1. The van der Waals surface area contributed by atoms with Crippen LogP contribution in [0.25, 0.3) is 11.1 Å². The highest BCUT2D eigenvalue weighted by molar-refractivity contribution is 5.71. The fraction of sp³-hybridized carbons (Fsp3) is 0.286. The third-order valence-electron chi connectivity index (χ3n) is 3.60. The normalized spacial score (nSPS) is 22.4. The second kappa shape index (κ2) is 4.29. The summed E-state index contributed by atoms with van der Waals surface area (Å²) in [7, 11) is 0. The zero-order valence-electron chi connectivity index (χ0n) is 9.86. The van der Waals surface area contributed by atoms with Crippen LogP contribution in [0, 0.1) is 5.92 Å². The van der Waals surface area contributed by atoms with E-state index in [9.17, 15) is 4.79 Å². The molecule has 2 atom stereocenters. The number of carboxylic acids is 1. The highest BCUT2D eigenvalue weighted by atomic mass is 16.4. The van der Waals surface area contributed by atoms with Crippen molar-refractivity contribution in [2.75, 3.05) is 0 Å². The smallest absolute Gasteiger partial charge is 0.308 e. The van der Waals surface area contributed by atoms with E-state index in [4.69, 9.17) is 5.11 Å². The second-order valence-electron chi connectivity index (χ2n) is 4.66. The summed E-state index contributed by atoms with van der Waals surface area (Å²) in [4.78, 5) is 11.0. The molecule has 2 aromatic rings. The molecule has 4 nitrogen and oxygen atoms in total. The highest BCUT2D eigenvalue weighted by Crippen LogP contribution is 2.38. The molecule has 1 heterocycles. The molecular weight excluding hydrogens is 228 g/mol. The predicted octanol–water partition coefficient (Wildman–Crippen LogP) is 2.59. The Morgan fingerprint density at radius 2 is 2.00 bits per heavy atom. The van der Waals surface area contributed by atoms with E-state index in [0.717, 1.165) is 24.0 Å². The van der Waals surface area contributed by atoms with Gasteiger partial charge in [-0.15, -0.1) is 0 Å².